The number of hydrogen-bond donors (Lipinski definition) is 3. The van der Waals surface area contributed by atoms with Gasteiger partial charge < -0.3 is 20.9 Å². The van der Waals surface area contributed by atoms with E-state index >= 15 is 0 Å². The molecule has 0 aliphatic rings. The lowest BCUT2D eigenvalue weighted by Gasteiger charge is -2.20. The van der Waals surface area contributed by atoms with Gasteiger partial charge in [-0.25, -0.2) is 14.3 Å². The van der Waals surface area contributed by atoms with Crippen molar-refractivity contribution in [1.29, 1.82) is 0 Å². The minimum atomic E-state index is -5.07. The summed E-state index contributed by atoms with van der Waals surface area (Å²) < 4.78 is 84.5. The molecule has 0 aliphatic heterocycles. The van der Waals surface area contributed by atoms with Crippen molar-refractivity contribution < 1.29 is 45.8 Å². The molecule has 0 saturated heterocycles. The molecule has 2 atom stereocenters. The highest BCUT2D eigenvalue weighted by atomic mass is 35.5. The molecule has 2 aromatic carbocycles. The number of nitrogens with zero attached hydrogens (tertiary/aromatic N) is 3. The Morgan fingerprint density at radius 3 is 2.34 bits per heavy atom. The summed E-state index contributed by atoms with van der Waals surface area (Å²) in [5.74, 6) is -1.27. The Bertz CT molecular complexity index is 1440. The maximum atomic E-state index is 13.2. The van der Waals surface area contributed by atoms with Crippen molar-refractivity contribution in [2.24, 2.45) is 5.73 Å². The third-order valence-corrected chi connectivity index (χ3v) is 5.91. The minimum absolute atomic E-state index is 0.0192. The van der Waals surface area contributed by atoms with Crippen LogP contribution >= 0.6 is 11.6 Å². The average molecular weight is 610 g/mol. The second-order valence-electron chi connectivity index (χ2n) is 8.64. The third kappa shape index (κ3) is 8.47. The van der Waals surface area contributed by atoms with Crippen LogP contribution in [0.2, 0.25) is 5.02 Å². The molecular weight excluding hydrogens is 588 g/mol. The second kappa shape index (κ2) is 12.6. The molecule has 2 unspecified atom stereocenters. The third-order valence-electron chi connectivity index (χ3n) is 5.65. The van der Waals surface area contributed by atoms with Gasteiger partial charge in [0.15, 0.2) is 11.9 Å². The molecule has 3 rings (SSSR count). The number of nitrogens with one attached hydrogen (secondary N) is 1. The zero-order valence-corrected chi connectivity index (χ0v) is 21.5. The van der Waals surface area contributed by atoms with Crippen molar-refractivity contribution in [1.82, 2.24) is 19.7 Å². The summed E-state index contributed by atoms with van der Waals surface area (Å²) in [5.41, 5.74) is 2.84. The quantitative estimate of drug-likeness (QED) is 0.300. The Morgan fingerprint density at radius 2 is 1.76 bits per heavy atom. The number of aliphatic hydroxyl groups excluding tert-OH is 1. The van der Waals surface area contributed by atoms with Crippen molar-refractivity contribution in [2.45, 2.75) is 44.0 Å². The average Bonchev–Trinajstić information content (AvgIpc) is 3.17. The predicted octanol–water partition coefficient (Wildman–Crippen LogP) is 3.65. The van der Waals surface area contributed by atoms with Crippen molar-refractivity contribution >= 4 is 23.6 Å². The van der Waals surface area contributed by atoms with Crippen LogP contribution in [-0.2, 0) is 28.8 Å². The van der Waals surface area contributed by atoms with E-state index in [-0.39, 0.29) is 35.0 Å². The summed E-state index contributed by atoms with van der Waals surface area (Å²) in [4.78, 5) is 36.8. The number of halogens is 7. The van der Waals surface area contributed by atoms with Gasteiger partial charge in [-0.2, -0.15) is 26.3 Å². The van der Waals surface area contributed by atoms with Crippen LogP contribution in [0.3, 0.4) is 0 Å². The van der Waals surface area contributed by atoms with E-state index in [9.17, 15) is 45.8 Å². The van der Waals surface area contributed by atoms with Crippen LogP contribution in [0.4, 0.5) is 31.1 Å². The zero-order chi connectivity index (χ0) is 30.5. The summed E-state index contributed by atoms with van der Waals surface area (Å²) in [5, 5.41) is 16.2. The van der Waals surface area contributed by atoms with Crippen molar-refractivity contribution in [3.8, 4) is 11.4 Å². The van der Waals surface area contributed by atoms with Crippen LogP contribution in [0.25, 0.3) is 11.4 Å². The van der Waals surface area contributed by atoms with Gasteiger partial charge in [-0.1, -0.05) is 23.7 Å². The summed E-state index contributed by atoms with van der Waals surface area (Å²) in [6, 6.07) is 8.27. The monoisotopic (exact) mass is 609 g/mol. The lowest BCUT2D eigenvalue weighted by Crippen LogP contribution is -2.39. The van der Waals surface area contributed by atoms with Gasteiger partial charge in [-0.15, -0.1) is 5.10 Å². The minimum Gasteiger partial charge on any atom is -0.450 e. The number of nitrogens with two attached hydrogens (primary N) is 1. The largest absolute Gasteiger partial charge is 0.450 e. The molecule has 4 N–H and O–H groups in total. The van der Waals surface area contributed by atoms with Crippen LogP contribution in [0.1, 0.15) is 23.6 Å². The van der Waals surface area contributed by atoms with E-state index in [1.807, 2.05) is 0 Å². The Hall–Kier alpha value is -4.05. The van der Waals surface area contributed by atoms with Crippen LogP contribution in [0.5, 0.6) is 0 Å². The smallest absolute Gasteiger partial charge is 0.416 e. The molecule has 2 amide bonds. The van der Waals surface area contributed by atoms with Gasteiger partial charge in [0.2, 0.25) is 5.91 Å². The normalized spacial score (nSPS) is 13.5. The Balaban J connectivity index is 1.92. The molecule has 0 radical (unpaired) electrons. The molecule has 1 heterocycles. The number of carbonyl (C=O) groups is 2. The molecule has 0 bridgehead atoms. The van der Waals surface area contributed by atoms with Gasteiger partial charge in [0.1, 0.15) is 6.54 Å². The van der Waals surface area contributed by atoms with Gasteiger partial charge in [0.05, 0.1) is 24.8 Å². The Morgan fingerprint density at radius 1 is 1.10 bits per heavy atom. The molecular formula is C24H22ClF6N5O5. The molecule has 1 aromatic heterocycles. The summed E-state index contributed by atoms with van der Waals surface area (Å²) >= 11 is 5.84. The number of aromatic nitrogens is 3. The Labute approximate surface area is 232 Å². The fourth-order valence-electron chi connectivity index (χ4n) is 3.70. The van der Waals surface area contributed by atoms with Crippen molar-refractivity contribution in [3.63, 3.8) is 0 Å². The first kappa shape index (κ1) is 31.5. The van der Waals surface area contributed by atoms with E-state index in [1.54, 1.807) is 0 Å². The number of benzene rings is 2. The van der Waals surface area contributed by atoms with Crippen LogP contribution in [0, 0.1) is 0 Å². The number of primary amides is 1. The number of amides is 2. The lowest BCUT2D eigenvalue weighted by atomic mass is 10.0. The molecule has 0 saturated carbocycles. The molecule has 10 nitrogen and oxygen atoms in total. The van der Waals surface area contributed by atoms with Gasteiger partial charge in [0, 0.05) is 17.0 Å². The topological polar surface area (TPSA) is 141 Å². The first-order chi connectivity index (χ1) is 19.1. The summed E-state index contributed by atoms with van der Waals surface area (Å²) in [6.45, 7) is -2.49. The molecule has 222 valence electrons. The van der Waals surface area contributed by atoms with Gasteiger partial charge in [-0.05, 0) is 42.0 Å². The molecule has 3 aromatic rings. The number of aliphatic hydroxyl groups is 1. The zero-order valence-electron chi connectivity index (χ0n) is 20.7. The van der Waals surface area contributed by atoms with Gasteiger partial charge in [-0.3, -0.25) is 9.36 Å². The number of rotatable bonds is 10. The first-order valence-electron chi connectivity index (χ1n) is 11.6. The maximum absolute atomic E-state index is 13.2. The highest BCUT2D eigenvalue weighted by Crippen LogP contribution is 2.31. The van der Waals surface area contributed by atoms with Gasteiger partial charge >= 0.3 is 24.1 Å². The molecule has 17 heteroatoms. The van der Waals surface area contributed by atoms with E-state index in [1.165, 1.54) is 30.3 Å². The van der Waals surface area contributed by atoms with Crippen LogP contribution < -0.4 is 16.7 Å². The molecule has 0 spiro atoms. The van der Waals surface area contributed by atoms with Gasteiger partial charge in [0.25, 0.3) is 0 Å². The van der Waals surface area contributed by atoms with E-state index in [2.05, 4.69) is 15.2 Å². The maximum Gasteiger partial charge on any atom is 0.416 e. The fraction of sp³-hybridized carbons (Fsp3) is 0.333. The molecule has 0 aliphatic carbocycles. The summed E-state index contributed by atoms with van der Waals surface area (Å²) in [7, 11) is 0. The van der Waals surface area contributed by atoms with E-state index in [4.69, 9.17) is 17.3 Å². The highest BCUT2D eigenvalue weighted by molar-refractivity contribution is 6.30. The highest BCUT2D eigenvalue weighted by Gasteiger charge is 2.39. The van der Waals surface area contributed by atoms with E-state index in [0.29, 0.717) is 9.25 Å². The number of carbonyl (C=O) groups excluding carboxylic acids is 2. The van der Waals surface area contributed by atoms with Crippen LogP contribution in [0.15, 0.2) is 53.3 Å². The standard InChI is InChI=1S/C24H22ClF6N5O5/c25-16-6-4-13(5-7-16)20-34-36(22(40)35(20)11-18(37)24(29,30)31)12-19(38)33-17(8-9-41-21(32)39)14-2-1-3-15(10-14)23(26,27)28/h1-7,10,17-18,37H,8-9,11-12H2,(H2,32,39)(H,33,38). The number of ether oxygens (including phenoxy) is 1. The van der Waals surface area contributed by atoms with E-state index < -0.39 is 60.8 Å². The Kier molecular flexibility index (Phi) is 9.70. The number of alkyl halides is 6. The fourth-order valence-corrected chi connectivity index (χ4v) is 3.83. The second-order valence-corrected chi connectivity index (χ2v) is 9.07. The van der Waals surface area contributed by atoms with Crippen LogP contribution in [-0.4, -0.2) is 50.3 Å². The SMILES string of the molecule is NC(=O)OCCC(NC(=O)Cn1nc(-c2ccc(Cl)cc2)n(CC(O)C(F)(F)F)c1=O)c1cccc(C(F)(F)F)c1. The molecule has 41 heavy (non-hydrogen) atoms. The first-order valence-corrected chi connectivity index (χ1v) is 12.0. The van der Waals surface area contributed by atoms with E-state index in [0.717, 1.165) is 18.2 Å². The van der Waals surface area contributed by atoms with Crippen molar-refractivity contribution in [2.75, 3.05) is 6.61 Å². The number of hydrogen-bond acceptors (Lipinski definition) is 6. The lowest BCUT2D eigenvalue weighted by molar-refractivity contribution is -0.207. The summed E-state index contributed by atoms with van der Waals surface area (Å²) in [6.07, 6.45) is -14.1. The van der Waals surface area contributed by atoms with Crippen molar-refractivity contribution in [3.05, 3.63) is 75.2 Å². The molecule has 0 fully saturated rings. The predicted molar refractivity (Wildman–Crippen MR) is 131 cm³/mol.